The summed E-state index contributed by atoms with van der Waals surface area (Å²) in [6, 6.07) is 4.22. The van der Waals surface area contributed by atoms with Crippen molar-refractivity contribution in [3.63, 3.8) is 0 Å². The van der Waals surface area contributed by atoms with Crippen molar-refractivity contribution in [2.75, 3.05) is 17.7 Å². The van der Waals surface area contributed by atoms with E-state index in [0.717, 1.165) is 12.8 Å². The fraction of sp³-hybridized carbons (Fsp3) is 0.400. The summed E-state index contributed by atoms with van der Waals surface area (Å²) in [7, 11) is 0. The maximum absolute atomic E-state index is 12.7. The molecule has 0 heterocycles. The van der Waals surface area contributed by atoms with Crippen molar-refractivity contribution in [2.24, 2.45) is 0 Å². The lowest BCUT2D eigenvalue weighted by Gasteiger charge is -2.17. The zero-order chi connectivity index (χ0) is 10.2. The van der Waals surface area contributed by atoms with Gasteiger partial charge in [0.25, 0.3) is 0 Å². The number of hydrogen-bond acceptors (Lipinski definition) is 3. The van der Waals surface area contributed by atoms with Gasteiger partial charge in [-0.3, -0.25) is 0 Å². The number of rotatable bonds is 3. The van der Waals surface area contributed by atoms with Gasteiger partial charge in [0.2, 0.25) is 0 Å². The summed E-state index contributed by atoms with van der Waals surface area (Å²) in [5.74, 6) is -0.345. The molecule has 3 nitrogen and oxygen atoms in total. The van der Waals surface area contributed by atoms with Gasteiger partial charge in [0.05, 0.1) is 23.5 Å². The lowest BCUT2D eigenvalue weighted by molar-refractivity contribution is 0.266. The van der Waals surface area contributed by atoms with Gasteiger partial charge in [-0.05, 0) is 31.0 Å². The Morgan fingerprint density at radius 2 is 2.21 bits per heavy atom. The first kappa shape index (κ1) is 9.27. The van der Waals surface area contributed by atoms with Crippen molar-refractivity contribution in [1.29, 1.82) is 0 Å². The molecular weight excluding hydrogens is 183 g/mol. The standard InChI is InChI=1S/C10H13FN2O/c11-7-1-2-9(8(12)5-7)13-10(6-14)3-4-10/h1-2,5,13-14H,3-4,6,12H2. The second-order valence-electron chi connectivity index (χ2n) is 3.80. The normalized spacial score (nSPS) is 17.9. The Bertz CT molecular complexity index is 350. The van der Waals surface area contributed by atoms with Gasteiger partial charge in [-0.25, -0.2) is 4.39 Å². The highest BCUT2D eigenvalue weighted by Gasteiger charge is 2.42. The van der Waals surface area contributed by atoms with Gasteiger partial charge in [0.1, 0.15) is 5.82 Å². The van der Waals surface area contributed by atoms with Gasteiger partial charge >= 0.3 is 0 Å². The Balaban J connectivity index is 2.17. The van der Waals surface area contributed by atoms with Crippen molar-refractivity contribution in [2.45, 2.75) is 18.4 Å². The Morgan fingerprint density at radius 3 is 2.71 bits per heavy atom. The molecule has 14 heavy (non-hydrogen) atoms. The molecule has 0 unspecified atom stereocenters. The predicted octanol–water partition coefficient (Wildman–Crippen LogP) is 1.34. The van der Waals surface area contributed by atoms with Crippen molar-refractivity contribution in [3.05, 3.63) is 24.0 Å². The first-order valence-electron chi connectivity index (χ1n) is 4.59. The van der Waals surface area contributed by atoms with E-state index in [-0.39, 0.29) is 18.0 Å². The molecule has 0 bridgehead atoms. The molecule has 0 spiro atoms. The van der Waals surface area contributed by atoms with Crippen LogP contribution in [0.15, 0.2) is 18.2 Å². The summed E-state index contributed by atoms with van der Waals surface area (Å²) in [5.41, 5.74) is 6.48. The van der Waals surface area contributed by atoms with E-state index >= 15 is 0 Å². The first-order valence-corrected chi connectivity index (χ1v) is 4.59. The van der Waals surface area contributed by atoms with E-state index in [2.05, 4.69) is 5.32 Å². The van der Waals surface area contributed by atoms with Crippen LogP contribution in [0.2, 0.25) is 0 Å². The maximum Gasteiger partial charge on any atom is 0.125 e. The molecule has 4 N–H and O–H groups in total. The Morgan fingerprint density at radius 1 is 1.50 bits per heavy atom. The maximum atomic E-state index is 12.7. The number of nitrogen functional groups attached to an aromatic ring is 1. The van der Waals surface area contributed by atoms with Gasteiger partial charge in [0, 0.05) is 0 Å². The summed E-state index contributed by atoms with van der Waals surface area (Å²) >= 11 is 0. The molecule has 1 aromatic carbocycles. The largest absolute Gasteiger partial charge is 0.397 e. The van der Waals surface area contributed by atoms with Crippen LogP contribution in [0.25, 0.3) is 0 Å². The van der Waals surface area contributed by atoms with Gasteiger partial charge in [-0.1, -0.05) is 0 Å². The van der Waals surface area contributed by atoms with Crippen molar-refractivity contribution < 1.29 is 9.50 Å². The second kappa shape index (κ2) is 3.13. The van der Waals surface area contributed by atoms with Gasteiger partial charge in [0.15, 0.2) is 0 Å². The minimum atomic E-state index is -0.345. The Hall–Kier alpha value is -1.29. The van der Waals surface area contributed by atoms with Crippen LogP contribution in [0.4, 0.5) is 15.8 Å². The highest BCUT2D eigenvalue weighted by Crippen LogP contribution is 2.39. The van der Waals surface area contributed by atoms with E-state index in [1.165, 1.54) is 12.1 Å². The highest BCUT2D eigenvalue weighted by molar-refractivity contribution is 5.67. The van der Waals surface area contributed by atoms with E-state index in [1.54, 1.807) is 6.07 Å². The van der Waals surface area contributed by atoms with Crippen LogP contribution in [-0.2, 0) is 0 Å². The second-order valence-corrected chi connectivity index (χ2v) is 3.80. The molecule has 1 aliphatic carbocycles. The highest BCUT2D eigenvalue weighted by atomic mass is 19.1. The zero-order valence-electron chi connectivity index (χ0n) is 7.76. The van der Waals surface area contributed by atoms with Crippen LogP contribution in [0.1, 0.15) is 12.8 Å². The monoisotopic (exact) mass is 196 g/mol. The molecule has 0 atom stereocenters. The molecule has 0 aromatic heterocycles. The SMILES string of the molecule is Nc1cc(F)ccc1NC1(CO)CC1. The van der Waals surface area contributed by atoms with Gasteiger partial charge in [-0.2, -0.15) is 0 Å². The number of aliphatic hydroxyl groups excluding tert-OH is 1. The molecule has 0 saturated heterocycles. The smallest absolute Gasteiger partial charge is 0.125 e. The molecule has 1 fully saturated rings. The molecule has 1 aromatic rings. The minimum Gasteiger partial charge on any atom is -0.397 e. The average molecular weight is 196 g/mol. The molecule has 4 heteroatoms. The van der Waals surface area contributed by atoms with Crippen LogP contribution in [0.5, 0.6) is 0 Å². The third-order valence-electron chi connectivity index (χ3n) is 2.57. The van der Waals surface area contributed by atoms with Crippen LogP contribution in [0.3, 0.4) is 0 Å². The molecule has 1 saturated carbocycles. The minimum absolute atomic E-state index is 0.0871. The van der Waals surface area contributed by atoms with Crippen LogP contribution >= 0.6 is 0 Å². The third kappa shape index (κ3) is 1.65. The van der Waals surface area contributed by atoms with Crippen molar-refractivity contribution >= 4 is 11.4 Å². The molecule has 0 radical (unpaired) electrons. The van der Waals surface area contributed by atoms with Crippen LogP contribution in [0, 0.1) is 5.82 Å². The average Bonchev–Trinajstić information content (AvgIpc) is 2.91. The lowest BCUT2D eigenvalue weighted by atomic mass is 10.2. The van der Waals surface area contributed by atoms with E-state index in [0.29, 0.717) is 11.4 Å². The molecule has 1 aliphatic rings. The molecule has 76 valence electrons. The van der Waals surface area contributed by atoms with Crippen LogP contribution < -0.4 is 11.1 Å². The van der Waals surface area contributed by atoms with Crippen molar-refractivity contribution in [3.8, 4) is 0 Å². The van der Waals surface area contributed by atoms with E-state index < -0.39 is 0 Å². The van der Waals surface area contributed by atoms with Crippen molar-refractivity contribution in [1.82, 2.24) is 0 Å². The predicted molar refractivity (Wildman–Crippen MR) is 53.5 cm³/mol. The summed E-state index contributed by atoms with van der Waals surface area (Å²) in [4.78, 5) is 0. The van der Waals surface area contributed by atoms with E-state index in [4.69, 9.17) is 10.8 Å². The Kier molecular flexibility index (Phi) is 2.07. The summed E-state index contributed by atoms with van der Waals surface area (Å²) in [6.45, 7) is 0.0871. The number of halogens is 1. The van der Waals surface area contributed by atoms with E-state index in [9.17, 15) is 4.39 Å². The third-order valence-corrected chi connectivity index (χ3v) is 2.57. The fourth-order valence-electron chi connectivity index (χ4n) is 1.41. The van der Waals surface area contributed by atoms with Gasteiger partial charge in [-0.15, -0.1) is 0 Å². The Labute approximate surface area is 81.7 Å². The lowest BCUT2D eigenvalue weighted by Crippen LogP contribution is -2.26. The van der Waals surface area contributed by atoms with Gasteiger partial charge < -0.3 is 16.2 Å². The number of nitrogens with one attached hydrogen (secondary N) is 1. The molecule has 0 amide bonds. The molecule has 2 rings (SSSR count). The molecule has 0 aliphatic heterocycles. The molecular formula is C10H13FN2O. The summed E-state index contributed by atoms with van der Waals surface area (Å²) in [5, 5.41) is 12.2. The summed E-state index contributed by atoms with van der Waals surface area (Å²) in [6.07, 6.45) is 1.86. The number of aliphatic hydroxyl groups is 1. The number of hydrogen-bond donors (Lipinski definition) is 3. The fourth-order valence-corrected chi connectivity index (χ4v) is 1.41. The first-order chi connectivity index (χ1) is 6.65. The summed E-state index contributed by atoms with van der Waals surface area (Å²) < 4.78 is 12.7. The number of nitrogens with two attached hydrogens (primary N) is 1. The zero-order valence-corrected chi connectivity index (χ0v) is 7.76. The van der Waals surface area contributed by atoms with Crippen LogP contribution in [-0.4, -0.2) is 17.3 Å². The number of benzene rings is 1. The van der Waals surface area contributed by atoms with E-state index in [1.807, 2.05) is 0 Å². The number of anilines is 2. The topological polar surface area (TPSA) is 58.3 Å². The quantitative estimate of drug-likeness (QED) is 0.639.